The number of carbonyl (C=O) groups excluding carboxylic acids is 1. The Morgan fingerprint density at radius 2 is 1.47 bits per heavy atom. The fourth-order valence-corrected chi connectivity index (χ4v) is 3.57. The van der Waals surface area contributed by atoms with E-state index < -0.39 is 0 Å². The lowest BCUT2D eigenvalue weighted by atomic mass is 10.1. The summed E-state index contributed by atoms with van der Waals surface area (Å²) in [6, 6.07) is 31.3. The van der Waals surface area contributed by atoms with Crippen molar-refractivity contribution in [3.8, 4) is 16.9 Å². The van der Waals surface area contributed by atoms with E-state index in [0.717, 1.165) is 16.8 Å². The van der Waals surface area contributed by atoms with Crippen molar-refractivity contribution in [1.82, 2.24) is 19.6 Å². The number of carbonyl (C=O) groups is 1. The molecule has 0 aliphatic carbocycles. The van der Waals surface area contributed by atoms with Gasteiger partial charge >= 0.3 is 0 Å². The maximum atomic E-state index is 13.3. The van der Waals surface area contributed by atoms with E-state index in [4.69, 9.17) is 5.10 Å². The van der Waals surface area contributed by atoms with E-state index in [1.807, 2.05) is 91.0 Å². The summed E-state index contributed by atoms with van der Waals surface area (Å²) in [7, 11) is 0. The van der Waals surface area contributed by atoms with Gasteiger partial charge in [-0.3, -0.25) is 4.79 Å². The third kappa shape index (κ3) is 4.06. The second-order valence-corrected chi connectivity index (χ2v) is 7.35. The molecule has 3 aromatic carbocycles. The molecule has 0 spiro atoms. The predicted molar refractivity (Wildman–Crippen MR) is 125 cm³/mol. The van der Waals surface area contributed by atoms with Crippen molar-refractivity contribution in [3.05, 3.63) is 121 Å². The first-order valence-electron chi connectivity index (χ1n) is 10.4. The van der Waals surface area contributed by atoms with Crippen LogP contribution in [0.4, 0.5) is 5.82 Å². The minimum atomic E-state index is -0.235. The van der Waals surface area contributed by atoms with Crippen molar-refractivity contribution < 1.29 is 4.79 Å². The molecule has 0 saturated heterocycles. The van der Waals surface area contributed by atoms with E-state index in [9.17, 15) is 4.79 Å². The number of nitrogens with zero attached hydrogens (tertiary/aromatic N) is 4. The van der Waals surface area contributed by atoms with Gasteiger partial charge in [-0.05, 0) is 17.7 Å². The number of hydrogen-bond acceptors (Lipinski definition) is 3. The van der Waals surface area contributed by atoms with Crippen LogP contribution >= 0.6 is 0 Å². The summed E-state index contributed by atoms with van der Waals surface area (Å²) < 4.78 is 3.51. The van der Waals surface area contributed by atoms with Crippen LogP contribution in [-0.4, -0.2) is 25.5 Å². The number of benzene rings is 3. The molecule has 0 aliphatic heterocycles. The zero-order chi connectivity index (χ0) is 21.8. The second-order valence-electron chi connectivity index (χ2n) is 7.35. The highest BCUT2D eigenvalue weighted by atomic mass is 16.1. The maximum Gasteiger partial charge on any atom is 0.260 e. The Morgan fingerprint density at radius 1 is 0.812 bits per heavy atom. The molecule has 2 heterocycles. The number of rotatable bonds is 6. The van der Waals surface area contributed by atoms with Crippen molar-refractivity contribution in [2.75, 3.05) is 5.32 Å². The number of aromatic nitrogens is 4. The highest BCUT2D eigenvalue weighted by Crippen LogP contribution is 2.25. The Bertz CT molecular complexity index is 1320. The monoisotopic (exact) mass is 419 g/mol. The van der Waals surface area contributed by atoms with E-state index in [1.165, 1.54) is 0 Å². The largest absolute Gasteiger partial charge is 0.307 e. The summed E-state index contributed by atoms with van der Waals surface area (Å²) in [6.45, 7) is 0.568. The lowest BCUT2D eigenvalue weighted by Crippen LogP contribution is -2.16. The first-order chi connectivity index (χ1) is 15.8. The van der Waals surface area contributed by atoms with Crippen LogP contribution in [0.15, 0.2) is 109 Å². The Balaban J connectivity index is 1.48. The fourth-order valence-electron chi connectivity index (χ4n) is 3.57. The number of para-hydroxylation sites is 1. The first kappa shape index (κ1) is 19.5. The molecule has 2 aromatic heterocycles. The molecule has 6 heteroatoms. The van der Waals surface area contributed by atoms with Crippen LogP contribution in [0.1, 0.15) is 15.9 Å². The molecule has 0 atom stereocenters. The lowest BCUT2D eigenvalue weighted by Gasteiger charge is -2.09. The minimum absolute atomic E-state index is 0.235. The van der Waals surface area contributed by atoms with E-state index in [2.05, 4.69) is 10.4 Å². The maximum absolute atomic E-state index is 13.3. The lowest BCUT2D eigenvalue weighted by molar-refractivity contribution is 0.102. The number of amides is 1. The Hall–Kier alpha value is -4.45. The second kappa shape index (κ2) is 8.73. The van der Waals surface area contributed by atoms with Crippen molar-refractivity contribution >= 4 is 11.7 Å². The molecule has 1 amide bonds. The molecule has 0 fully saturated rings. The van der Waals surface area contributed by atoms with Gasteiger partial charge in [0.2, 0.25) is 0 Å². The molecule has 32 heavy (non-hydrogen) atoms. The SMILES string of the molecule is O=C(Nc1ccnn1Cc1ccccc1)c1cn(-c2ccccc2)nc1-c1ccccc1. The smallest absolute Gasteiger partial charge is 0.260 e. The molecule has 1 N–H and O–H groups in total. The summed E-state index contributed by atoms with van der Waals surface area (Å²) >= 11 is 0. The molecular weight excluding hydrogens is 398 g/mol. The van der Waals surface area contributed by atoms with Crippen molar-refractivity contribution in [3.63, 3.8) is 0 Å². The van der Waals surface area contributed by atoms with Crippen LogP contribution in [0.25, 0.3) is 16.9 Å². The quantitative estimate of drug-likeness (QED) is 0.420. The van der Waals surface area contributed by atoms with Crippen LogP contribution in [-0.2, 0) is 6.54 Å². The van der Waals surface area contributed by atoms with Crippen molar-refractivity contribution in [2.24, 2.45) is 0 Å². The van der Waals surface area contributed by atoms with E-state index in [-0.39, 0.29) is 5.91 Å². The third-order valence-electron chi connectivity index (χ3n) is 5.16. The molecule has 0 unspecified atom stereocenters. The van der Waals surface area contributed by atoms with Gasteiger partial charge < -0.3 is 5.32 Å². The minimum Gasteiger partial charge on any atom is -0.307 e. The zero-order valence-corrected chi connectivity index (χ0v) is 17.3. The summed E-state index contributed by atoms with van der Waals surface area (Å²) in [5.74, 6) is 0.395. The van der Waals surface area contributed by atoms with Gasteiger partial charge in [-0.15, -0.1) is 0 Å². The van der Waals surface area contributed by atoms with Gasteiger partial charge in [0, 0.05) is 17.8 Å². The zero-order valence-electron chi connectivity index (χ0n) is 17.3. The Labute approximate surface area is 185 Å². The van der Waals surface area contributed by atoms with Crippen LogP contribution in [0, 0.1) is 0 Å². The summed E-state index contributed by atoms with van der Waals surface area (Å²) in [5.41, 5.74) is 3.99. The van der Waals surface area contributed by atoms with Gasteiger partial charge in [-0.2, -0.15) is 10.2 Å². The van der Waals surface area contributed by atoms with Crippen molar-refractivity contribution in [2.45, 2.75) is 6.54 Å². The highest BCUT2D eigenvalue weighted by molar-refractivity contribution is 6.07. The highest BCUT2D eigenvalue weighted by Gasteiger charge is 2.20. The molecule has 6 nitrogen and oxygen atoms in total. The summed E-state index contributed by atoms with van der Waals surface area (Å²) in [4.78, 5) is 13.3. The Kier molecular flexibility index (Phi) is 5.32. The molecule has 5 aromatic rings. The topological polar surface area (TPSA) is 64.7 Å². The Morgan fingerprint density at radius 3 is 2.19 bits per heavy atom. The number of nitrogens with one attached hydrogen (secondary N) is 1. The van der Waals surface area contributed by atoms with Crippen LogP contribution in [0.5, 0.6) is 0 Å². The molecule has 0 aliphatic rings. The molecule has 0 bridgehead atoms. The number of anilines is 1. The first-order valence-corrected chi connectivity index (χ1v) is 10.4. The molecule has 0 radical (unpaired) electrons. The van der Waals surface area contributed by atoms with Gasteiger partial charge in [0.25, 0.3) is 5.91 Å². The molecular formula is C26H21N5O. The van der Waals surface area contributed by atoms with Gasteiger partial charge in [0.05, 0.1) is 24.0 Å². The fraction of sp³-hybridized carbons (Fsp3) is 0.0385. The molecule has 5 rings (SSSR count). The third-order valence-corrected chi connectivity index (χ3v) is 5.16. The predicted octanol–water partition coefficient (Wildman–Crippen LogP) is 5.04. The average molecular weight is 419 g/mol. The summed E-state index contributed by atoms with van der Waals surface area (Å²) in [6.07, 6.45) is 3.45. The molecule has 156 valence electrons. The summed E-state index contributed by atoms with van der Waals surface area (Å²) in [5, 5.41) is 12.1. The molecule has 0 saturated carbocycles. The van der Waals surface area contributed by atoms with E-state index >= 15 is 0 Å². The van der Waals surface area contributed by atoms with Crippen molar-refractivity contribution in [1.29, 1.82) is 0 Å². The van der Waals surface area contributed by atoms with Gasteiger partial charge in [-0.1, -0.05) is 78.9 Å². The van der Waals surface area contributed by atoms with Crippen LogP contribution in [0.2, 0.25) is 0 Å². The average Bonchev–Trinajstić information content (AvgIpc) is 3.48. The van der Waals surface area contributed by atoms with E-state index in [1.54, 1.807) is 27.8 Å². The van der Waals surface area contributed by atoms with Crippen LogP contribution < -0.4 is 5.32 Å². The van der Waals surface area contributed by atoms with E-state index in [0.29, 0.717) is 23.6 Å². The van der Waals surface area contributed by atoms with Gasteiger partial charge in [0.1, 0.15) is 11.5 Å². The normalized spacial score (nSPS) is 10.8. The van der Waals surface area contributed by atoms with Gasteiger partial charge in [0.15, 0.2) is 0 Å². The van der Waals surface area contributed by atoms with Gasteiger partial charge in [-0.25, -0.2) is 9.36 Å². The standard InChI is InChI=1S/C26H21N5O/c32-26(28-24-16-17-27-31(24)18-20-10-4-1-5-11-20)23-19-30(22-14-8-3-9-15-22)29-25(23)21-12-6-2-7-13-21/h1-17,19H,18H2,(H,28,32). The van der Waals surface area contributed by atoms with Crippen LogP contribution in [0.3, 0.4) is 0 Å². The number of hydrogen-bond donors (Lipinski definition) is 1.